The molecule has 1 fully saturated rings. The summed E-state index contributed by atoms with van der Waals surface area (Å²) < 4.78 is 5.65. The Morgan fingerprint density at radius 2 is 2.00 bits per heavy atom. The number of aryl methyl sites for hydroxylation is 1. The van der Waals surface area contributed by atoms with Crippen molar-refractivity contribution in [3.05, 3.63) is 39.4 Å². The van der Waals surface area contributed by atoms with E-state index in [1.807, 2.05) is 13.8 Å². The molecule has 2 N–H and O–H groups in total. The van der Waals surface area contributed by atoms with Crippen molar-refractivity contribution in [2.75, 3.05) is 13.1 Å². The Balaban J connectivity index is 2.22. The minimum Gasteiger partial charge on any atom is -0.456 e. The summed E-state index contributed by atoms with van der Waals surface area (Å²) in [7, 11) is 0. The summed E-state index contributed by atoms with van der Waals surface area (Å²) in [4.78, 5) is 23.1. The van der Waals surface area contributed by atoms with E-state index in [0.717, 1.165) is 25.9 Å². The molecule has 6 heteroatoms. The number of piperidine rings is 1. The second-order valence-electron chi connectivity index (χ2n) is 6.36. The van der Waals surface area contributed by atoms with Crippen LogP contribution in [0.15, 0.2) is 18.2 Å². The van der Waals surface area contributed by atoms with Gasteiger partial charge in [-0.1, -0.05) is 12.1 Å². The lowest BCUT2D eigenvalue weighted by Gasteiger charge is -2.35. The zero-order chi connectivity index (χ0) is 16.3. The van der Waals surface area contributed by atoms with Crippen molar-refractivity contribution < 1.29 is 19.8 Å². The average Bonchev–Trinajstić information content (AvgIpc) is 2.47. The van der Waals surface area contributed by atoms with E-state index in [-0.39, 0.29) is 17.2 Å². The average molecular weight is 307 g/mol. The number of nitro benzene ring substituents is 1. The van der Waals surface area contributed by atoms with Crippen LogP contribution in [0.1, 0.15) is 42.6 Å². The molecular formula is C16H23N2O4+. The lowest BCUT2D eigenvalue weighted by Crippen LogP contribution is -2.86. The standard InChI is InChI=1S/C16H22N2O4/c1-11-5-4-6-13(14(11)18(20)21)15(19)22-16(2,3)12-7-9-17-10-8-12/h4-6,12,17H,7-10H2,1-3H3/p+1. The number of carbonyl (C=O) groups is 1. The molecule has 0 bridgehead atoms. The van der Waals surface area contributed by atoms with Crippen LogP contribution in [0.25, 0.3) is 0 Å². The van der Waals surface area contributed by atoms with Crippen molar-refractivity contribution in [1.82, 2.24) is 0 Å². The summed E-state index contributed by atoms with van der Waals surface area (Å²) in [5.74, 6) is -0.333. The third-order valence-corrected chi connectivity index (χ3v) is 4.42. The highest BCUT2D eigenvalue weighted by molar-refractivity contribution is 5.94. The van der Waals surface area contributed by atoms with Gasteiger partial charge in [-0.3, -0.25) is 10.1 Å². The Bertz CT molecular complexity index is 578. The summed E-state index contributed by atoms with van der Waals surface area (Å²) in [5, 5.41) is 13.5. The molecule has 0 saturated carbocycles. The molecule has 0 amide bonds. The van der Waals surface area contributed by atoms with E-state index in [9.17, 15) is 14.9 Å². The SMILES string of the molecule is Cc1cccc(C(=O)OC(C)(C)C2CC[NH2+]CC2)c1[N+](=O)[O-]. The first kappa shape index (κ1) is 16.4. The van der Waals surface area contributed by atoms with Gasteiger partial charge in [0.25, 0.3) is 5.69 Å². The smallest absolute Gasteiger partial charge is 0.345 e. The van der Waals surface area contributed by atoms with E-state index in [0.29, 0.717) is 5.56 Å². The largest absolute Gasteiger partial charge is 0.456 e. The van der Waals surface area contributed by atoms with Gasteiger partial charge in [-0.15, -0.1) is 0 Å². The van der Waals surface area contributed by atoms with Gasteiger partial charge in [0.05, 0.1) is 18.0 Å². The second-order valence-corrected chi connectivity index (χ2v) is 6.36. The molecule has 1 saturated heterocycles. The number of nitrogens with two attached hydrogens (primary N) is 1. The third kappa shape index (κ3) is 3.44. The van der Waals surface area contributed by atoms with Gasteiger partial charge >= 0.3 is 5.97 Å². The van der Waals surface area contributed by atoms with Crippen LogP contribution < -0.4 is 5.32 Å². The number of rotatable bonds is 4. The van der Waals surface area contributed by atoms with E-state index in [4.69, 9.17) is 4.74 Å². The van der Waals surface area contributed by atoms with E-state index in [1.54, 1.807) is 19.1 Å². The highest BCUT2D eigenvalue weighted by Gasteiger charge is 2.37. The van der Waals surface area contributed by atoms with Gasteiger partial charge in [-0.25, -0.2) is 4.79 Å². The second kappa shape index (κ2) is 6.44. The van der Waals surface area contributed by atoms with Gasteiger partial charge in [0.15, 0.2) is 0 Å². The number of quaternary nitrogens is 1. The van der Waals surface area contributed by atoms with Crippen molar-refractivity contribution >= 4 is 11.7 Å². The zero-order valence-electron chi connectivity index (χ0n) is 13.3. The molecule has 1 aliphatic rings. The first-order chi connectivity index (χ1) is 10.3. The molecule has 6 nitrogen and oxygen atoms in total. The summed E-state index contributed by atoms with van der Waals surface area (Å²) in [6.07, 6.45) is 1.96. The van der Waals surface area contributed by atoms with Gasteiger partial charge in [-0.2, -0.15) is 0 Å². The van der Waals surface area contributed by atoms with Crippen molar-refractivity contribution in [2.24, 2.45) is 5.92 Å². The fourth-order valence-electron chi connectivity index (χ4n) is 3.07. The first-order valence-corrected chi connectivity index (χ1v) is 7.62. The molecule has 1 aromatic carbocycles. The summed E-state index contributed by atoms with van der Waals surface area (Å²) in [6, 6.07) is 4.72. The Kier molecular flexibility index (Phi) is 4.81. The Labute approximate surface area is 130 Å². The van der Waals surface area contributed by atoms with Crippen LogP contribution in [-0.4, -0.2) is 29.6 Å². The Morgan fingerprint density at radius 1 is 1.36 bits per heavy atom. The van der Waals surface area contributed by atoms with E-state index in [2.05, 4.69) is 5.32 Å². The van der Waals surface area contributed by atoms with Crippen LogP contribution in [0.4, 0.5) is 5.69 Å². The molecular weight excluding hydrogens is 284 g/mol. The molecule has 0 aromatic heterocycles. The summed E-state index contributed by atoms with van der Waals surface area (Å²) in [6.45, 7) is 7.45. The van der Waals surface area contributed by atoms with E-state index >= 15 is 0 Å². The highest BCUT2D eigenvalue weighted by atomic mass is 16.6. The normalized spacial score (nSPS) is 16.3. The van der Waals surface area contributed by atoms with Crippen molar-refractivity contribution in [2.45, 2.75) is 39.2 Å². The van der Waals surface area contributed by atoms with Gasteiger partial charge in [0.1, 0.15) is 11.2 Å². The number of benzene rings is 1. The van der Waals surface area contributed by atoms with Gasteiger partial charge in [0, 0.05) is 24.3 Å². The van der Waals surface area contributed by atoms with Crippen molar-refractivity contribution in [1.29, 1.82) is 0 Å². The van der Waals surface area contributed by atoms with E-state index < -0.39 is 16.5 Å². The molecule has 120 valence electrons. The fraction of sp³-hybridized carbons (Fsp3) is 0.562. The maximum absolute atomic E-state index is 12.4. The third-order valence-electron chi connectivity index (χ3n) is 4.42. The van der Waals surface area contributed by atoms with E-state index in [1.165, 1.54) is 6.07 Å². The van der Waals surface area contributed by atoms with Crippen LogP contribution in [-0.2, 0) is 4.74 Å². The van der Waals surface area contributed by atoms with Crippen molar-refractivity contribution in [3.8, 4) is 0 Å². The van der Waals surface area contributed by atoms with Gasteiger partial charge < -0.3 is 10.1 Å². The topological polar surface area (TPSA) is 86.0 Å². The number of para-hydroxylation sites is 1. The van der Waals surface area contributed by atoms with Gasteiger partial charge in [0.2, 0.25) is 0 Å². The maximum atomic E-state index is 12.4. The van der Waals surface area contributed by atoms with Crippen LogP contribution in [0, 0.1) is 23.0 Å². The predicted molar refractivity (Wildman–Crippen MR) is 81.7 cm³/mol. The number of esters is 1. The molecule has 0 atom stereocenters. The highest BCUT2D eigenvalue weighted by Crippen LogP contribution is 2.31. The minimum atomic E-state index is -0.622. The first-order valence-electron chi connectivity index (χ1n) is 7.62. The van der Waals surface area contributed by atoms with Crippen LogP contribution in [0.2, 0.25) is 0 Å². The molecule has 22 heavy (non-hydrogen) atoms. The molecule has 0 spiro atoms. The molecule has 0 unspecified atom stereocenters. The number of nitro groups is 1. The quantitative estimate of drug-likeness (QED) is 0.522. The minimum absolute atomic E-state index is 0.0282. The van der Waals surface area contributed by atoms with Gasteiger partial charge in [-0.05, 0) is 26.8 Å². The predicted octanol–water partition coefficient (Wildman–Crippen LogP) is 1.81. The van der Waals surface area contributed by atoms with Crippen molar-refractivity contribution in [3.63, 3.8) is 0 Å². The number of nitrogens with zero attached hydrogens (tertiary/aromatic N) is 1. The zero-order valence-corrected chi connectivity index (χ0v) is 13.3. The molecule has 1 heterocycles. The summed E-state index contributed by atoms with van der Waals surface area (Å²) >= 11 is 0. The number of hydrogen-bond donors (Lipinski definition) is 1. The maximum Gasteiger partial charge on any atom is 0.345 e. The lowest BCUT2D eigenvalue weighted by atomic mass is 9.83. The Hall–Kier alpha value is -1.95. The monoisotopic (exact) mass is 307 g/mol. The Morgan fingerprint density at radius 3 is 2.59 bits per heavy atom. The van der Waals surface area contributed by atoms with Crippen LogP contribution in [0.3, 0.4) is 0 Å². The summed E-state index contributed by atoms with van der Waals surface area (Å²) in [5.41, 5.74) is -0.298. The number of ether oxygens (including phenoxy) is 1. The number of hydrogen-bond acceptors (Lipinski definition) is 4. The lowest BCUT2D eigenvalue weighted by molar-refractivity contribution is -0.665. The van der Waals surface area contributed by atoms with Crippen LogP contribution >= 0.6 is 0 Å². The molecule has 0 aliphatic carbocycles. The van der Waals surface area contributed by atoms with Crippen LogP contribution in [0.5, 0.6) is 0 Å². The number of carbonyl (C=O) groups excluding carboxylic acids is 1. The molecule has 1 aliphatic heterocycles. The molecule has 0 radical (unpaired) electrons. The molecule has 1 aromatic rings. The fourth-order valence-corrected chi connectivity index (χ4v) is 3.07. The molecule has 2 rings (SSSR count).